The van der Waals surface area contributed by atoms with Crippen molar-refractivity contribution in [2.75, 3.05) is 11.9 Å². The summed E-state index contributed by atoms with van der Waals surface area (Å²) in [5.41, 5.74) is 3.85. The first-order valence-electron chi connectivity index (χ1n) is 9.43. The highest BCUT2D eigenvalue weighted by Crippen LogP contribution is 2.29. The van der Waals surface area contributed by atoms with Gasteiger partial charge in [-0.15, -0.1) is 0 Å². The number of hydrogen-bond acceptors (Lipinski definition) is 5. The van der Waals surface area contributed by atoms with E-state index in [9.17, 15) is 4.79 Å². The molecule has 29 heavy (non-hydrogen) atoms. The number of fused-ring (bicyclic) bond motifs is 1. The van der Waals surface area contributed by atoms with Crippen LogP contribution in [0.4, 0.5) is 5.69 Å². The van der Waals surface area contributed by atoms with E-state index in [1.165, 1.54) is 5.56 Å². The second-order valence-corrected chi connectivity index (χ2v) is 7.96. The van der Waals surface area contributed by atoms with Gasteiger partial charge in [0.1, 0.15) is 21.1 Å². The van der Waals surface area contributed by atoms with Gasteiger partial charge in [0, 0.05) is 17.4 Å². The lowest BCUT2D eigenvalue weighted by Crippen LogP contribution is -2.20. The van der Waals surface area contributed by atoms with Crippen LogP contribution in [0.5, 0.6) is 5.75 Å². The molecule has 2 aromatic heterocycles. The fourth-order valence-electron chi connectivity index (χ4n) is 2.88. The first-order valence-corrected chi connectivity index (χ1v) is 10.2. The normalized spacial score (nSPS) is 11.0. The number of nitrogens with zero attached hydrogens (tertiary/aromatic N) is 2. The third-order valence-electron chi connectivity index (χ3n) is 4.50. The van der Waals surface area contributed by atoms with Gasteiger partial charge in [-0.3, -0.25) is 4.79 Å². The molecule has 0 aliphatic heterocycles. The van der Waals surface area contributed by atoms with Gasteiger partial charge in [-0.05, 0) is 60.0 Å². The molecule has 2 heterocycles. The Morgan fingerprint density at radius 2 is 1.83 bits per heavy atom. The Labute approximate surface area is 173 Å². The molecule has 0 unspecified atom stereocenters. The smallest absolute Gasteiger partial charge is 0.262 e. The predicted octanol–water partition coefficient (Wildman–Crippen LogP) is 5.50. The van der Waals surface area contributed by atoms with Crippen molar-refractivity contribution in [3.63, 3.8) is 0 Å². The van der Waals surface area contributed by atoms with Gasteiger partial charge in [-0.25, -0.2) is 9.97 Å². The average molecular weight is 404 g/mol. The average Bonchev–Trinajstić information content (AvgIpc) is 3.17. The summed E-state index contributed by atoms with van der Waals surface area (Å²) in [5.74, 6) is 0.952. The van der Waals surface area contributed by atoms with E-state index in [2.05, 4.69) is 29.1 Å². The second-order valence-electron chi connectivity index (χ2n) is 6.98. The quantitative estimate of drug-likeness (QED) is 0.462. The number of nitrogens with one attached hydrogen (secondary N) is 1. The van der Waals surface area contributed by atoms with Gasteiger partial charge in [0.05, 0.1) is 0 Å². The van der Waals surface area contributed by atoms with E-state index in [-0.39, 0.29) is 12.5 Å². The molecule has 0 radical (unpaired) electrons. The highest BCUT2D eigenvalue weighted by atomic mass is 32.1. The molecule has 0 saturated carbocycles. The van der Waals surface area contributed by atoms with Crippen LogP contribution in [0.2, 0.25) is 0 Å². The van der Waals surface area contributed by atoms with Crippen molar-refractivity contribution in [1.82, 2.24) is 9.97 Å². The lowest BCUT2D eigenvalue weighted by molar-refractivity contribution is -0.118. The van der Waals surface area contributed by atoms with Crippen LogP contribution in [0, 0.1) is 0 Å². The number of hydrogen-bond donors (Lipinski definition) is 1. The Kier molecular flexibility index (Phi) is 5.53. The zero-order valence-corrected chi connectivity index (χ0v) is 17.1. The minimum absolute atomic E-state index is 0.0354. The van der Waals surface area contributed by atoms with Crippen LogP contribution in [0.25, 0.3) is 20.9 Å². The molecule has 0 atom stereocenters. The monoisotopic (exact) mass is 403 g/mol. The van der Waals surface area contributed by atoms with Crippen molar-refractivity contribution in [2.24, 2.45) is 0 Å². The number of anilines is 1. The zero-order valence-electron chi connectivity index (χ0n) is 16.3. The van der Waals surface area contributed by atoms with E-state index in [1.807, 2.05) is 60.7 Å². The highest BCUT2D eigenvalue weighted by molar-refractivity contribution is 7.21. The third-order valence-corrected chi connectivity index (χ3v) is 5.53. The molecule has 6 heteroatoms. The van der Waals surface area contributed by atoms with Crippen LogP contribution in [-0.4, -0.2) is 22.5 Å². The SMILES string of the molecule is CC(C)c1ccc(OCC(=O)Nc2ccc(-c3nc4cccnc4s3)cc2)cc1. The third kappa shape index (κ3) is 4.60. The molecule has 0 bridgehead atoms. The molecular weight excluding hydrogens is 382 g/mol. The molecule has 1 N–H and O–H groups in total. The second kappa shape index (κ2) is 8.41. The maximum Gasteiger partial charge on any atom is 0.262 e. The summed E-state index contributed by atoms with van der Waals surface area (Å²) in [7, 11) is 0. The first kappa shape index (κ1) is 19.1. The van der Waals surface area contributed by atoms with Crippen LogP contribution in [0.3, 0.4) is 0 Å². The number of ether oxygens (including phenoxy) is 1. The van der Waals surface area contributed by atoms with Crippen molar-refractivity contribution in [3.8, 4) is 16.3 Å². The van der Waals surface area contributed by atoms with Crippen molar-refractivity contribution in [1.29, 1.82) is 0 Å². The number of rotatable bonds is 6. The van der Waals surface area contributed by atoms with Crippen LogP contribution < -0.4 is 10.1 Å². The molecule has 0 saturated heterocycles. The topological polar surface area (TPSA) is 64.1 Å². The number of thiazole rings is 1. The molecule has 5 nitrogen and oxygen atoms in total. The molecule has 0 aliphatic rings. The molecule has 4 rings (SSSR count). The van der Waals surface area contributed by atoms with Crippen LogP contribution in [0.15, 0.2) is 66.9 Å². The minimum Gasteiger partial charge on any atom is -0.484 e. The molecule has 4 aromatic rings. The van der Waals surface area contributed by atoms with E-state index < -0.39 is 0 Å². The number of amides is 1. The Morgan fingerprint density at radius 1 is 1.07 bits per heavy atom. The molecular formula is C23H21N3O2S. The van der Waals surface area contributed by atoms with Gasteiger partial charge < -0.3 is 10.1 Å². The predicted molar refractivity (Wildman–Crippen MR) is 118 cm³/mol. The van der Waals surface area contributed by atoms with Crippen molar-refractivity contribution < 1.29 is 9.53 Å². The maximum absolute atomic E-state index is 12.2. The Bertz CT molecular complexity index is 1090. The summed E-state index contributed by atoms with van der Waals surface area (Å²) < 4.78 is 5.57. The number of carbonyl (C=O) groups is 1. The molecule has 0 spiro atoms. The Balaban J connectivity index is 1.35. The van der Waals surface area contributed by atoms with E-state index >= 15 is 0 Å². The van der Waals surface area contributed by atoms with Crippen LogP contribution >= 0.6 is 11.3 Å². The largest absolute Gasteiger partial charge is 0.484 e. The molecule has 0 aliphatic carbocycles. The molecule has 1 amide bonds. The van der Waals surface area contributed by atoms with Crippen molar-refractivity contribution in [3.05, 3.63) is 72.4 Å². The lowest BCUT2D eigenvalue weighted by Gasteiger charge is -2.09. The van der Waals surface area contributed by atoms with E-state index in [0.717, 1.165) is 26.6 Å². The van der Waals surface area contributed by atoms with E-state index in [4.69, 9.17) is 4.74 Å². The summed E-state index contributed by atoms with van der Waals surface area (Å²) in [4.78, 5) is 22.0. The first-order chi connectivity index (χ1) is 14.1. The van der Waals surface area contributed by atoms with Crippen LogP contribution in [0.1, 0.15) is 25.3 Å². The number of pyridine rings is 1. The van der Waals surface area contributed by atoms with Gasteiger partial charge in [-0.1, -0.05) is 37.3 Å². The van der Waals surface area contributed by atoms with Gasteiger partial charge in [0.25, 0.3) is 5.91 Å². The molecule has 2 aromatic carbocycles. The standard InChI is InChI=1S/C23H21N3O2S/c1-15(2)16-7-11-19(12-8-16)28-14-21(27)25-18-9-5-17(6-10-18)22-26-20-4-3-13-24-23(20)29-22/h3-13,15H,14H2,1-2H3,(H,25,27). The van der Waals surface area contributed by atoms with E-state index in [1.54, 1.807) is 17.5 Å². The molecule has 0 fully saturated rings. The Morgan fingerprint density at radius 3 is 2.52 bits per heavy atom. The summed E-state index contributed by atoms with van der Waals surface area (Å²) >= 11 is 1.55. The summed E-state index contributed by atoms with van der Waals surface area (Å²) in [6.07, 6.45) is 1.77. The number of carbonyl (C=O) groups excluding carboxylic acids is 1. The minimum atomic E-state index is -0.199. The summed E-state index contributed by atoms with van der Waals surface area (Å²) in [5, 5.41) is 3.76. The van der Waals surface area contributed by atoms with Gasteiger partial charge in [-0.2, -0.15) is 0 Å². The van der Waals surface area contributed by atoms with Crippen molar-refractivity contribution >= 4 is 33.3 Å². The van der Waals surface area contributed by atoms with Crippen molar-refractivity contribution in [2.45, 2.75) is 19.8 Å². The van der Waals surface area contributed by atoms with Gasteiger partial charge in [0.15, 0.2) is 6.61 Å². The van der Waals surface area contributed by atoms with Crippen LogP contribution in [-0.2, 0) is 4.79 Å². The summed E-state index contributed by atoms with van der Waals surface area (Å²) in [6, 6.07) is 19.3. The van der Waals surface area contributed by atoms with E-state index in [0.29, 0.717) is 11.7 Å². The lowest BCUT2D eigenvalue weighted by atomic mass is 10.0. The number of benzene rings is 2. The van der Waals surface area contributed by atoms with Gasteiger partial charge >= 0.3 is 0 Å². The zero-order chi connectivity index (χ0) is 20.2. The fraction of sp³-hybridized carbons (Fsp3) is 0.174. The molecule has 146 valence electrons. The Hall–Kier alpha value is -3.25. The van der Waals surface area contributed by atoms with Gasteiger partial charge in [0.2, 0.25) is 0 Å². The highest BCUT2D eigenvalue weighted by Gasteiger charge is 2.08. The number of aromatic nitrogens is 2. The fourth-order valence-corrected chi connectivity index (χ4v) is 3.80. The maximum atomic E-state index is 12.2. The summed E-state index contributed by atoms with van der Waals surface area (Å²) in [6.45, 7) is 4.25.